The van der Waals surface area contributed by atoms with E-state index in [9.17, 15) is 9.59 Å². The summed E-state index contributed by atoms with van der Waals surface area (Å²) in [5.41, 5.74) is 3.19. The first-order chi connectivity index (χ1) is 21.0. The van der Waals surface area contributed by atoms with Gasteiger partial charge in [-0.05, 0) is 81.7 Å². The number of hydrogen-bond acceptors (Lipinski definition) is 4. The molecular weight excluding hydrogens is 536 g/mol. The van der Waals surface area contributed by atoms with E-state index in [0.29, 0.717) is 12.0 Å². The van der Waals surface area contributed by atoms with Crippen molar-refractivity contribution in [1.82, 2.24) is 0 Å². The highest BCUT2D eigenvalue weighted by atomic mass is 16.5. The smallest absolute Gasteiger partial charge is 0.256 e. The molecule has 0 spiro atoms. The Hall–Kier alpha value is -5.62. The molecule has 0 aliphatic heterocycles. The SMILES string of the molecule is COc1ccc(NC(=O)Cc2ccc3ccccc3c2)cc1.COc1ccc(NC(=O)c2cccc3ccccc23)cc1. The van der Waals surface area contributed by atoms with Crippen molar-refractivity contribution in [3.63, 3.8) is 0 Å². The van der Waals surface area contributed by atoms with Gasteiger partial charge in [0.1, 0.15) is 11.5 Å². The Morgan fingerprint density at radius 3 is 1.77 bits per heavy atom. The average Bonchev–Trinajstić information content (AvgIpc) is 3.05. The molecule has 0 unspecified atom stereocenters. The molecule has 2 amide bonds. The second-order valence-electron chi connectivity index (χ2n) is 9.84. The number of carbonyl (C=O) groups excluding carboxylic acids is 2. The Bertz CT molecular complexity index is 1840. The molecule has 0 aliphatic rings. The number of rotatable bonds is 7. The van der Waals surface area contributed by atoms with E-state index in [0.717, 1.165) is 44.6 Å². The lowest BCUT2D eigenvalue weighted by atomic mass is 10.0. The number of hydrogen-bond donors (Lipinski definition) is 2. The van der Waals surface area contributed by atoms with Gasteiger partial charge in [-0.25, -0.2) is 0 Å². The summed E-state index contributed by atoms with van der Waals surface area (Å²) >= 11 is 0. The largest absolute Gasteiger partial charge is 0.497 e. The van der Waals surface area contributed by atoms with Gasteiger partial charge >= 0.3 is 0 Å². The molecule has 0 heterocycles. The van der Waals surface area contributed by atoms with Crippen LogP contribution in [0.3, 0.4) is 0 Å². The van der Waals surface area contributed by atoms with Crippen LogP contribution in [0.15, 0.2) is 133 Å². The minimum absolute atomic E-state index is 0.0274. The fourth-order valence-corrected chi connectivity index (χ4v) is 4.71. The topological polar surface area (TPSA) is 76.7 Å². The number of nitrogens with one attached hydrogen (secondary N) is 2. The number of carbonyl (C=O) groups is 2. The molecule has 0 aromatic heterocycles. The van der Waals surface area contributed by atoms with Crippen molar-refractivity contribution in [1.29, 1.82) is 0 Å². The van der Waals surface area contributed by atoms with Crippen molar-refractivity contribution in [2.24, 2.45) is 0 Å². The number of amides is 2. The zero-order chi connectivity index (χ0) is 30.0. The number of benzene rings is 6. The highest BCUT2D eigenvalue weighted by Gasteiger charge is 2.10. The van der Waals surface area contributed by atoms with Crippen molar-refractivity contribution < 1.29 is 19.1 Å². The number of fused-ring (bicyclic) bond motifs is 2. The van der Waals surface area contributed by atoms with Crippen LogP contribution < -0.4 is 20.1 Å². The van der Waals surface area contributed by atoms with Crippen molar-refractivity contribution in [3.05, 3.63) is 145 Å². The monoisotopic (exact) mass is 568 g/mol. The third kappa shape index (κ3) is 7.57. The molecule has 0 saturated carbocycles. The minimum atomic E-state index is -0.114. The van der Waals surface area contributed by atoms with Gasteiger partial charge in [0, 0.05) is 16.9 Å². The van der Waals surface area contributed by atoms with Crippen LogP contribution in [0.25, 0.3) is 21.5 Å². The van der Waals surface area contributed by atoms with Crippen LogP contribution in [-0.2, 0) is 11.2 Å². The first-order valence-corrected chi connectivity index (χ1v) is 13.9. The van der Waals surface area contributed by atoms with Gasteiger partial charge in [0.2, 0.25) is 5.91 Å². The van der Waals surface area contributed by atoms with E-state index < -0.39 is 0 Å². The van der Waals surface area contributed by atoms with Gasteiger partial charge in [0.25, 0.3) is 5.91 Å². The van der Waals surface area contributed by atoms with Gasteiger partial charge in [-0.1, -0.05) is 78.9 Å². The Labute approximate surface area is 250 Å². The summed E-state index contributed by atoms with van der Waals surface area (Å²) < 4.78 is 10.2. The van der Waals surface area contributed by atoms with Crippen LogP contribution in [-0.4, -0.2) is 26.0 Å². The lowest BCUT2D eigenvalue weighted by Crippen LogP contribution is -2.14. The van der Waals surface area contributed by atoms with E-state index >= 15 is 0 Å². The first kappa shape index (κ1) is 28.9. The second kappa shape index (κ2) is 13.8. The molecule has 214 valence electrons. The molecule has 0 saturated heterocycles. The molecule has 6 nitrogen and oxygen atoms in total. The predicted molar refractivity (Wildman–Crippen MR) is 174 cm³/mol. The summed E-state index contributed by atoms with van der Waals surface area (Å²) in [5, 5.41) is 10.1. The second-order valence-corrected chi connectivity index (χ2v) is 9.84. The van der Waals surface area contributed by atoms with Crippen molar-refractivity contribution in [2.45, 2.75) is 6.42 Å². The third-order valence-corrected chi connectivity index (χ3v) is 6.93. The Morgan fingerprint density at radius 2 is 1.12 bits per heavy atom. The Morgan fingerprint density at radius 1 is 0.558 bits per heavy atom. The van der Waals surface area contributed by atoms with Gasteiger partial charge in [-0.3, -0.25) is 9.59 Å². The lowest BCUT2D eigenvalue weighted by molar-refractivity contribution is -0.115. The van der Waals surface area contributed by atoms with Crippen molar-refractivity contribution in [3.8, 4) is 11.5 Å². The molecule has 6 heteroatoms. The number of methoxy groups -OCH3 is 2. The summed E-state index contributed by atoms with van der Waals surface area (Å²) in [4.78, 5) is 24.6. The highest BCUT2D eigenvalue weighted by molar-refractivity contribution is 6.12. The fourth-order valence-electron chi connectivity index (χ4n) is 4.71. The van der Waals surface area contributed by atoms with Crippen molar-refractivity contribution in [2.75, 3.05) is 24.9 Å². The van der Waals surface area contributed by atoms with Gasteiger partial charge in [-0.15, -0.1) is 0 Å². The summed E-state index contributed by atoms with van der Waals surface area (Å²) in [6, 6.07) is 42.4. The molecule has 0 bridgehead atoms. The van der Waals surface area contributed by atoms with E-state index in [1.54, 1.807) is 14.2 Å². The molecule has 6 aromatic rings. The average molecular weight is 569 g/mol. The normalized spacial score (nSPS) is 10.4. The molecule has 0 fully saturated rings. The van der Waals surface area contributed by atoms with Crippen LogP contribution in [0.1, 0.15) is 15.9 Å². The number of anilines is 2. The van der Waals surface area contributed by atoms with Crippen LogP contribution in [0.2, 0.25) is 0 Å². The summed E-state index contributed by atoms with van der Waals surface area (Å²) in [6.45, 7) is 0. The van der Waals surface area contributed by atoms with E-state index in [1.807, 2.05) is 115 Å². The summed E-state index contributed by atoms with van der Waals surface area (Å²) in [5.74, 6) is 1.39. The molecule has 0 atom stereocenters. The van der Waals surface area contributed by atoms with Gasteiger partial charge < -0.3 is 20.1 Å². The molecule has 2 N–H and O–H groups in total. The Kier molecular flexibility index (Phi) is 9.29. The van der Waals surface area contributed by atoms with Crippen LogP contribution in [0, 0.1) is 0 Å². The molecular formula is C37H32N2O4. The maximum atomic E-state index is 12.4. The summed E-state index contributed by atoms with van der Waals surface area (Å²) in [7, 11) is 3.23. The molecule has 0 aliphatic carbocycles. The maximum Gasteiger partial charge on any atom is 0.256 e. The zero-order valence-electron chi connectivity index (χ0n) is 24.0. The minimum Gasteiger partial charge on any atom is -0.497 e. The molecule has 43 heavy (non-hydrogen) atoms. The van der Waals surface area contributed by atoms with E-state index in [4.69, 9.17) is 9.47 Å². The van der Waals surface area contributed by atoms with Crippen LogP contribution >= 0.6 is 0 Å². The lowest BCUT2D eigenvalue weighted by Gasteiger charge is -2.08. The predicted octanol–water partition coefficient (Wildman–Crippen LogP) is 8.13. The van der Waals surface area contributed by atoms with Gasteiger partial charge in [0.15, 0.2) is 0 Å². The molecule has 0 radical (unpaired) electrons. The highest BCUT2D eigenvalue weighted by Crippen LogP contribution is 2.21. The molecule has 6 rings (SSSR count). The van der Waals surface area contributed by atoms with E-state index in [1.165, 1.54) is 5.39 Å². The zero-order valence-corrected chi connectivity index (χ0v) is 24.0. The first-order valence-electron chi connectivity index (χ1n) is 13.9. The van der Waals surface area contributed by atoms with Crippen molar-refractivity contribution >= 4 is 44.7 Å². The van der Waals surface area contributed by atoms with Crippen LogP contribution in [0.4, 0.5) is 11.4 Å². The van der Waals surface area contributed by atoms with Gasteiger partial charge in [-0.2, -0.15) is 0 Å². The standard InChI is InChI=1S/C19H17NO2.C18H15NO2/c1-22-18-10-8-17(9-11-18)20-19(21)13-14-6-7-15-4-2-3-5-16(15)12-14;1-21-15-11-9-14(10-12-15)19-18(20)17-8-4-6-13-5-2-3-7-16(13)17/h2-12H,13H2,1H3,(H,20,21);2-12H,1H3,(H,19,20). The Balaban J connectivity index is 0.000000171. The number of ether oxygens (including phenoxy) is 2. The quantitative estimate of drug-likeness (QED) is 0.204. The maximum absolute atomic E-state index is 12.4. The van der Waals surface area contributed by atoms with E-state index in [-0.39, 0.29) is 11.8 Å². The van der Waals surface area contributed by atoms with E-state index in [2.05, 4.69) is 28.8 Å². The fraction of sp³-hybridized carbons (Fsp3) is 0.0811. The van der Waals surface area contributed by atoms with Gasteiger partial charge in [0.05, 0.1) is 20.6 Å². The summed E-state index contributed by atoms with van der Waals surface area (Å²) in [6.07, 6.45) is 0.358. The molecule has 6 aromatic carbocycles. The third-order valence-electron chi connectivity index (χ3n) is 6.93. The van der Waals surface area contributed by atoms with Crippen LogP contribution in [0.5, 0.6) is 11.5 Å².